The van der Waals surface area contributed by atoms with Gasteiger partial charge in [-0.25, -0.2) is 9.97 Å². The molecule has 20 heavy (non-hydrogen) atoms. The van der Waals surface area contributed by atoms with Crippen molar-refractivity contribution in [2.45, 2.75) is 13.0 Å². The van der Waals surface area contributed by atoms with Crippen molar-refractivity contribution in [3.8, 4) is 5.88 Å². The Morgan fingerprint density at radius 2 is 2.10 bits per heavy atom. The van der Waals surface area contributed by atoms with Gasteiger partial charge in [0.25, 0.3) is 0 Å². The number of nitrogens with zero attached hydrogens (tertiary/aromatic N) is 2. The number of nitrogens with two attached hydrogens (primary N) is 1. The number of nitrogens with one attached hydrogen (secondary N) is 1. The van der Waals surface area contributed by atoms with Gasteiger partial charge in [-0.15, -0.1) is 0 Å². The Morgan fingerprint density at radius 3 is 2.75 bits per heavy atom. The zero-order valence-corrected chi connectivity index (χ0v) is 11.1. The molecule has 0 saturated carbocycles. The molecule has 1 heterocycles. The highest BCUT2D eigenvalue weighted by Crippen LogP contribution is 2.19. The van der Waals surface area contributed by atoms with Crippen molar-refractivity contribution < 1.29 is 9.53 Å². The molecule has 0 spiro atoms. The molecule has 2 rings (SSSR count). The molecule has 0 saturated heterocycles. The maximum Gasteiger partial charge on any atom is 0.244 e. The molecule has 1 unspecified atom stereocenters. The van der Waals surface area contributed by atoms with Gasteiger partial charge in [-0.3, -0.25) is 4.79 Å². The molecule has 0 aliphatic rings. The van der Waals surface area contributed by atoms with Gasteiger partial charge >= 0.3 is 0 Å². The van der Waals surface area contributed by atoms with E-state index < -0.39 is 11.9 Å². The van der Waals surface area contributed by atoms with Crippen LogP contribution < -0.4 is 15.8 Å². The maximum atomic E-state index is 11.6. The Morgan fingerprint density at radius 1 is 1.35 bits per heavy atom. The predicted molar refractivity (Wildman–Crippen MR) is 75.2 cm³/mol. The minimum absolute atomic E-state index is 0.446. The van der Waals surface area contributed by atoms with E-state index in [0.29, 0.717) is 18.3 Å². The Bertz CT molecular complexity index is 574. The first-order valence-corrected chi connectivity index (χ1v) is 6.26. The van der Waals surface area contributed by atoms with Gasteiger partial charge < -0.3 is 15.8 Å². The van der Waals surface area contributed by atoms with E-state index in [2.05, 4.69) is 15.3 Å². The first-order valence-electron chi connectivity index (χ1n) is 6.26. The average Bonchev–Trinajstić information content (AvgIpc) is 2.46. The van der Waals surface area contributed by atoms with E-state index in [9.17, 15) is 4.79 Å². The largest absolute Gasteiger partial charge is 0.478 e. The van der Waals surface area contributed by atoms with Crippen LogP contribution in [0.25, 0.3) is 0 Å². The van der Waals surface area contributed by atoms with Crippen molar-refractivity contribution in [1.29, 1.82) is 0 Å². The summed E-state index contributed by atoms with van der Waals surface area (Å²) in [6, 6.07) is 10.2. The van der Waals surface area contributed by atoms with E-state index in [1.54, 1.807) is 6.07 Å². The second kappa shape index (κ2) is 6.51. The Kier molecular flexibility index (Phi) is 4.49. The van der Waals surface area contributed by atoms with Gasteiger partial charge in [0.2, 0.25) is 11.8 Å². The molecule has 6 heteroatoms. The number of benzene rings is 1. The van der Waals surface area contributed by atoms with Gasteiger partial charge in [0.05, 0.1) is 6.61 Å². The third-order valence-corrected chi connectivity index (χ3v) is 2.64. The monoisotopic (exact) mass is 272 g/mol. The standard InChI is InChI=1S/C14H16N4O2/c1-2-20-12-8-11(16-9-17-12)18-13(14(15)19)10-6-4-3-5-7-10/h3-9,13H,2H2,1H3,(H2,15,19)(H,16,17,18). The number of amides is 1. The number of carbonyl (C=O) groups excluding carboxylic acids is 1. The summed E-state index contributed by atoms with van der Waals surface area (Å²) in [5, 5.41) is 2.99. The van der Waals surface area contributed by atoms with E-state index >= 15 is 0 Å². The molecule has 2 aromatic rings. The Hall–Kier alpha value is -2.63. The molecule has 0 radical (unpaired) electrons. The zero-order valence-electron chi connectivity index (χ0n) is 11.1. The summed E-state index contributed by atoms with van der Waals surface area (Å²) in [5.74, 6) is 0.449. The summed E-state index contributed by atoms with van der Waals surface area (Å²) >= 11 is 0. The van der Waals surface area contributed by atoms with Crippen LogP contribution in [0.2, 0.25) is 0 Å². The summed E-state index contributed by atoms with van der Waals surface area (Å²) in [5.41, 5.74) is 6.21. The van der Waals surface area contributed by atoms with E-state index in [4.69, 9.17) is 10.5 Å². The second-order valence-electron chi connectivity index (χ2n) is 4.06. The predicted octanol–water partition coefficient (Wildman–Crippen LogP) is 1.51. The third-order valence-electron chi connectivity index (χ3n) is 2.64. The molecule has 1 aromatic carbocycles. The van der Waals surface area contributed by atoms with Gasteiger partial charge in [0.1, 0.15) is 18.2 Å². The van der Waals surface area contributed by atoms with Crippen LogP contribution in [0.5, 0.6) is 5.88 Å². The molecule has 6 nitrogen and oxygen atoms in total. The molecule has 0 bridgehead atoms. The van der Waals surface area contributed by atoms with Crippen LogP contribution in [0, 0.1) is 0 Å². The summed E-state index contributed by atoms with van der Waals surface area (Å²) < 4.78 is 5.29. The number of ether oxygens (including phenoxy) is 1. The summed E-state index contributed by atoms with van der Waals surface area (Å²) in [7, 11) is 0. The van der Waals surface area contributed by atoms with E-state index in [0.717, 1.165) is 5.56 Å². The van der Waals surface area contributed by atoms with Crippen molar-refractivity contribution in [3.05, 3.63) is 48.3 Å². The second-order valence-corrected chi connectivity index (χ2v) is 4.06. The van der Waals surface area contributed by atoms with Gasteiger partial charge in [-0.2, -0.15) is 0 Å². The number of carbonyl (C=O) groups is 1. The number of hydrogen-bond acceptors (Lipinski definition) is 5. The summed E-state index contributed by atoms with van der Waals surface area (Å²) in [6.45, 7) is 2.37. The highest BCUT2D eigenvalue weighted by Gasteiger charge is 2.18. The molecule has 3 N–H and O–H groups in total. The normalized spacial score (nSPS) is 11.7. The highest BCUT2D eigenvalue weighted by atomic mass is 16.5. The van der Waals surface area contributed by atoms with Gasteiger partial charge in [-0.05, 0) is 12.5 Å². The SMILES string of the molecule is CCOc1cc(NC(C(N)=O)c2ccccc2)ncn1. The van der Waals surface area contributed by atoms with Gasteiger partial charge in [0.15, 0.2) is 0 Å². The first-order chi connectivity index (χ1) is 9.70. The van der Waals surface area contributed by atoms with Crippen molar-refractivity contribution in [2.75, 3.05) is 11.9 Å². The first kappa shape index (κ1) is 13.8. The summed E-state index contributed by atoms with van der Waals surface area (Å²) in [4.78, 5) is 19.6. The number of aromatic nitrogens is 2. The Balaban J connectivity index is 2.21. The van der Waals surface area contributed by atoms with Crippen molar-refractivity contribution in [1.82, 2.24) is 9.97 Å². The van der Waals surface area contributed by atoms with Crippen LogP contribution in [0.4, 0.5) is 5.82 Å². The lowest BCUT2D eigenvalue weighted by Gasteiger charge is -2.16. The fourth-order valence-electron chi connectivity index (χ4n) is 1.76. The maximum absolute atomic E-state index is 11.6. The quantitative estimate of drug-likeness (QED) is 0.832. The molecule has 1 aromatic heterocycles. The topological polar surface area (TPSA) is 90.1 Å². The number of anilines is 1. The zero-order chi connectivity index (χ0) is 14.4. The lowest BCUT2D eigenvalue weighted by Crippen LogP contribution is -2.28. The minimum atomic E-state index is -0.652. The van der Waals surface area contributed by atoms with E-state index in [1.807, 2.05) is 37.3 Å². The molecule has 1 amide bonds. The average molecular weight is 272 g/mol. The lowest BCUT2D eigenvalue weighted by atomic mass is 10.1. The third kappa shape index (κ3) is 3.44. The highest BCUT2D eigenvalue weighted by molar-refractivity contribution is 5.84. The van der Waals surface area contributed by atoms with Crippen molar-refractivity contribution in [3.63, 3.8) is 0 Å². The van der Waals surface area contributed by atoms with Crippen LogP contribution in [-0.2, 0) is 4.79 Å². The van der Waals surface area contributed by atoms with Crippen LogP contribution in [0.1, 0.15) is 18.5 Å². The number of rotatable bonds is 6. The smallest absolute Gasteiger partial charge is 0.244 e. The van der Waals surface area contributed by atoms with Crippen LogP contribution in [-0.4, -0.2) is 22.5 Å². The van der Waals surface area contributed by atoms with Gasteiger partial charge in [-0.1, -0.05) is 30.3 Å². The minimum Gasteiger partial charge on any atom is -0.478 e. The number of hydrogen-bond donors (Lipinski definition) is 2. The van der Waals surface area contributed by atoms with Crippen molar-refractivity contribution in [2.24, 2.45) is 5.73 Å². The van der Waals surface area contributed by atoms with E-state index in [1.165, 1.54) is 6.33 Å². The number of primary amides is 1. The molecular weight excluding hydrogens is 256 g/mol. The molecule has 1 atom stereocenters. The van der Waals surface area contributed by atoms with Crippen LogP contribution in [0.15, 0.2) is 42.7 Å². The molecule has 104 valence electrons. The van der Waals surface area contributed by atoms with Gasteiger partial charge in [0, 0.05) is 6.07 Å². The molecular formula is C14H16N4O2. The fraction of sp³-hybridized carbons (Fsp3) is 0.214. The molecule has 0 aliphatic carbocycles. The lowest BCUT2D eigenvalue weighted by molar-refractivity contribution is -0.118. The van der Waals surface area contributed by atoms with Crippen LogP contribution >= 0.6 is 0 Å². The van der Waals surface area contributed by atoms with Crippen LogP contribution in [0.3, 0.4) is 0 Å². The van der Waals surface area contributed by atoms with E-state index in [-0.39, 0.29) is 0 Å². The Labute approximate surface area is 117 Å². The molecule has 0 fully saturated rings. The van der Waals surface area contributed by atoms with Crippen molar-refractivity contribution >= 4 is 11.7 Å². The fourth-order valence-corrected chi connectivity index (χ4v) is 1.76. The summed E-state index contributed by atoms with van der Waals surface area (Å²) in [6.07, 6.45) is 1.37. The molecule has 0 aliphatic heterocycles.